The largest absolute Gasteiger partial charge is 0.493 e. The molecule has 0 aliphatic carbocycles. The summed E-state index contributed by atoms with van der Waals surface area (Å²) in [6, 6.07) is 17.8. The fourth-order valence-corrected chi connectivity index (χ4v) is 3.09. The zero-order chi connectivity index (χ0) is 20.8. The van der Waals surface area contributed by atoms with E-state index in [4.69, 9.17) is 13.9 Å². The summed E-state index contributed by atoms with van der Waals surface area (Å²) in [7, 11) is 1.63. The molecule has 0 aliphatic heterocycles. The van der Waals surface area contributed by atoms with Gasteiger partial charge in [-0.25, -0.2) is 0 Å². The number of nitrogens with two attached hydrogens (primary N) is 1. The molecule has 154 valence electrons. The molecule has 0 saturated heterocycles. The van der Waals surface area contributed by atoms with Gasteiger partial charge in [0.15, 0.2) is 29.7 Å². The third-order valence-corrected chi connectivity index (χ3v) is 4.70. The second kappa shape index (κ2) is 9.23. The summed E-state index contributed by atoms with van der Waals surface area (Å²) in [6.07, 6.45) is 1.69. The number of tetrazole rings is 1. The van der Waals surface area contributed by atoms with Gasteiger partial charge in [-0.1, -0.05) is 17.7 Å². The van der Waals surface area contributed by atoms with Gasteiger partial charge in [0.1, 0.15) is 13.1 Å². The topological polar surface area (TPSA) is 91.8 Å². The van der Waals surface area contributed by atoms with Crippen molar-refractivity contribution < 1.29 is 19.2 Å². The zero-order valence-electron chi connectivity index (χ0n) is 17.0. The average molecular weight is 406 g/mol. The highest BCUT2D eigenvalue weighted by molar-refractivity contribution is 5.43. The summed E-state index contributed by atoms with van der Waals surface area (Å²) in [5.41, 5.74) is 3.20. The summed E-state index contributed by atoms with van der Waals surface area (Å²) in [6.45, 7) is 3.86. The number of nitrogens with zero attached hydrogens (tertiary/aromatic N) is 4. The number of aryl methyl sites for hydroxylation is 1. The van der Waals surface area contributed by atoms with Crippen LogP contribution in [0.15, 0.2) is 65.3 Å². The third kappa shape index (κ3) is 4.66. The van der Waals surface area contributed by atoms with Crippen LogP contribution in [0.1, 0.15) is 22.7 Å². The second-order valence-electron chi connectivity index (χ2n) is 6.89. The molecule has 2 aromatic heterocycles. The number of rotatable bonds is 9. The zero-order valence-corrected chi connectivity index (χ0v) is 17.0. The molecule has 30 heavy (non-hydrogen) atoms. The Balaban J connectivity index is 1.40. The summed E-state index contributed by atoms with van der Waals surface area (Å²) in [4.78, 5) is 0. The molecule has 0 unspecified atom stereocenters. The highest BCUT2D eigenvalue weighted by Crippen LogP contribution is 2.28. The molecule has 4 aromatic rings. The molecule has 2 heterocycles. The standard InChI is InChI=1S/C22H23N5O3/c1-16-5-8-18(9-6-16)27-22(24-25-26-27)15-30-20-10-7-17(12-21(20)28-2)13-23-14-19-4-3-11-29-19/h3-12,23H,13-15H2,1-2H3/p+1. The van der Waals surface area contributed by atoms with E-state index in [0.29, 0.717) is 17.3 Å². The van der Waals surface area contributed by atoms with E-state index in [-0.39, 0.29) is 6.61 Å². The van der Waals surface area contributed by atoms with Crippen LogP contribution in [0.3, 0.4) is 0 Å². The summed E-state index contributed by atoms with van der Waals surface area (Å²) in [5.74, 6) is 2.88. The minimum atomic E-state index is 0.223. The first-order valence-corrected chi connectivity index (χ1v) is 9.71. The fraction of sp³-hybridized carbons (Fsp3) is 0.227. The van der Waals surface area contributed by atoms with Gasteiger partial charge in [-0.3, -0.25) is 0 Å². The molecule has 0 atom stereocenters. The molecule has 0 fully saturated rings. The van der Waals surface area contributed by atoms with Crippen molar-refractivity contribution in [2.75, 3.05) is 7.11 Å². The number of methoxy groups -OCH3 is 1. The first kappa shape index (κ1) is 19.7. The van der Waals surface area contributed by atoms with Gasteiger partial charge < -0.3 is 19.2 Å². The Morgan fingerprint density at radius 2 is 1.90 bits per heavy atom. The summed E-state index contributed by atoms with van der Waals surface area (Å²) < 4.78 is 18.5. The van der Waals surface area contributed by atoms with Gasteiger partial charge in [-0.2, -0.15) is 4.68 Å². The quantitative estimate of drug-likeness (QED) is 0.459. The van der Waals surface area contributed by atoms with Crippen LogP contribution in [0.2, 0.25) is 0 Å². The van der Waals surface area contributed by atoms with E-state index < -0.39 is 0 Å². The molecule has 0 aliphatic rings. The SMILES string of the molecule is COc1cc(C[NH2+]Cc2ccco2)ccc1OCc1nnnn1-c1ccc(C)cc1. The Labute approximate surface area is 174 Å². The van der Waals surface area contributed by atoms with E-state index in [9.17, 15) is 0 Å². The van der Waals surface area contributed by atoms with Gasteiger partial charge in [0.2, 0.25) is 0 Å². The Morgan fingerprint density at radius 1 is 1.03 bits per heavy atom. The second-order valence-corrected chi connectivity index (χ2v) is 6.89. The fourth-order valence-electron chi connectivity index (χ4n) is 3.09. The van der Waals surface area contributed by atoms with Gasteiger partial charge in [-0.05, 0) is 59.8 Å². The van der Waals surface area contributed by atoms with Crippen molar-refractivity contribution in [2.24, 2.45) is 0 Å². The number of aromatic nitrogens is 4. The van der Waals surface area contributed by atoms with Crippen LogP contribution in [0, 0.1) is 6.92 Å². The van der Waals surface area contributed by atoms with Crippen molar-refractivity contribution in [3.8, 4) is 17.2 Å². The van der Waals surface area contributed by atoms with Gasteiger partial charge >= 0.3 is 0 Å². The van der Waals surface area contributed by atoms with Crippen LogP contribution in [-0.4, -0.2) is 27.3 Å². The highest BCUT2D eigenvalue weighted by Gasteiger charge is 2.12. The highest BCUT2D eigenvalue weighted by atomic mass is 16.5. The molecular weight excluding hydrogens is 382 g/mol. The normalized spacial score (nSPS) is 10.9. The predicted octanol–water partition coefficient (Wildman–Crippen LogP) is 2.41. The van der Waals surface area contributed by atoms with E-state index in [1.165, 1.54) is 5.56 Å². The first-order chi connectivity index (χ1) is 14.7. The van der Waals surface area contributed by atoms with E-state index in [1.807, 2.05) is 61.5 Å². The summed E-state index contributed by atoms with van der Waals surface area (Å²) >= 11 is 0. The van der Waals surface area contributed by atoms with Crippen LogP contribution < -0.4 is 14.8 Å². The molecule has 0 spiro atoms. The van der Waals surface area contributed by atoms with E-state index in [1.54, 1.807) is 18.1 Å². The van der Waals surface area contributed by atoms with Crippen molar-refractivity contribution in [2.45, 2.75) is 26.6 Å². The Morgan fingerprint density at radius 3 is 2.67 bits per heavy atom. The van der Waals surface area contributed by atoms with Crippen molar-refractivity contribution in [3.63, 3.8) is 0 Å². The van der Waals surface area contributed by atoms with Crippen LogP contribution in [0.25, 0.3) is 5.69 Å². The molecule has 4 rings (SSSR count). The van der Waals surface area contributed by atoms with E-state index in [2.05, 4.69) is 20.8 Å². The molecule has 2 aromatic carbocycles. The number of hydrogen-bond donors (Lipinski definition) is 1. The van der Waals surface area contributed by atoms with Crippen molar-refractivity contribution >= 4 is 0 Å². The predicted molar refractivity (Wildman–Crippen MR) is 109 cm³/mol. The lowest BCUT2D eigenvalue weighted by Crippen LogP contribution is -2.80. The lowest BCUT2D eigenvalue weighted by molar-refractivity contribution is -0.688. The van der Waals surface area contributed by atoms with Crippen molar-refractivity contribution in [3.05, 3.63) is 83.6 Å². The number of quaternary nitrogens is 1. The molecule has 2 N–H and O–H groups in total. The Bertz CT molecular complexity index is 1070. The van der Waals surface area contributed by atoms with Crippen molar-refractivity contribution in [1.29, 1.82) is 0 Å². The maximum atomic E-state index is 5.96. The van der Waals surface area contributed by atoms with Crippen LogP contribution in [0.5, 0.6) is 11.5 Å². The monoisotopic (exact) mass is 406 g/mol. The number of benzene rings is 2. The van der Waals surface area contributed by atoms with Gasteiger partial charge in [0.05, 0.1) is 19.1 Å². The third-order valence-electron chi connectivity index (χ3n) is 4.70. The number of furan rings is 1. The van der Waals surface area contributed by atoms with Crippen LogP contribution in [-0.2, 0) is 19.7 Å². The molecule has 8 heteroatoms. The molecule has 0 amide bonds. The molecule has 0 radical (unpaired) electrons. The van der Waals surface area contributed by atoms with E-state index in [0.717, 1.165) is 30.1 Å². The molecule has 0 bridgehead atoms. The number of ether oxygens (including phenoxy) is 2. The van der Waals surface area contributed by atoms with E-state index >= 15 is 0 Å². The van der Waals surface area contributed by atoms with Crippen molar-refractivity contribution in [1.82, 2.24) is 20.2 Å². The van der Waals surface area contributed by atoms with Crippen LogP contribution in [0.4, 0.5) is 0 Å². The minimum Gasteiger partial charge on any atom is -0.493 e. The number of hydrogen-bond acceptors (Lipinski definition) is 6. The molecule has 8 nitrogen and oxygen atoms in total. The average Bonchev–Trinajstić information content (AvgIpc) is 3.45. The lowest BCUT2D eigenvalue weighted by atomic mass is 10.2. The lowest BCUT2D eigenvalue weighted by Gasteiger charge is -2.12. The molecular formula is C22H24N5O3+. The smallest absolute Gasteiger partial charge is 0.194 e. The van der Waals surface area contributed by atoms with Gasteiger partial charge in [0.25, 0.3) is 0 Å². The van der Waals surface area contributed by atoms with Crippen LogP contribution >= 0.6 is 0 Å². The Hall–Kier alpha value is -3.65. The van der Waals surface area contributed by atoms with Gasteiger partial charge in [0, 0.05) is 5.56 Å². The summed E-state index contributed by atoms with van der Waals surface area (Å²) in [5, 5.41) is 14.1. The Kier molecular flexibility index (Phi) is 6.05. The first-order valence-electron chi connectivity index (χ1n) is 9.71. The maximum Gasteiger partial charge on any atom is 0.194 e. The maximum absolute atomic E-state index is 5.96. The minimum absolute atomic E-state index is 0.223. The van der Waals surface area contributed by atoms with Gasteiger partial charge in [-0.15, -0.1) is 5.10 Å². The molecule has 0 saturated carbocycles.